The Balaban J connectivity index is 0.00000169. The summed E-state index contributed by atoms with van der Waals surface area (Å²) >= 11 is -2.37. The van der Waals surface area contributed by atoms with Gasteiger partial charge < -0.3 is 4.55 Å². The average Bonchev–Trinajstić information content (AvgIpc) is 2.03. The van der Waals surface area contributed by atoms with Crippen molar-refractivity contribution in [2.75, 3.05) is 0 Å². The van der Waals surface area contributed by atoms with Crippen molar-refractivity contribution in [3.8, 4) is 0 Å². The van der Waals surface area contributed by atoms with Gasteiger partial charge in [-0.1, -0.05) is 6.07 Å². The van der Waals surface area contributed by atoms with Gasteiger partial charge in [0.2, 0.25) is 0 Å². The summed E-state index contributed by atoms with van der Waals surface area (Å²) in [5.41, 5.74) is -0.924. The summed E-state index contributed by atoms with van der Waals surface area (Å²) in [7, 11) is 0. The molecule has 0 bridgehead atoms. The van der Waals surface area contributed by atoms with Gasteiger partial charge in [-0.2, -0.15) is 13.2 Å². The van der Waals surface area contributed by atoms with E-state index in [1.165, 1.54) is 0 Å². The van der Waals surface area contributed by atoms with Gasteiger partial charge in [0.05, 0.1) is 10.5 Å². The van der Waals surface area contributed by atoms with E-state index in [1.807, 2.05) is 0 Å². The molecule has 1 unspecified atom stereocenters. The van der Waals surface area contributed by atoms with Crippen LogP contribution in [0.2, 0.25) is 0 Å². The Bertz CT molecular complexity index is 340. The monoisotopic (exact) mass is 234 g/mol. The summed E-state index contributed by atoms with van der Waals surface area (Å²) < 4.78 is 55.1. The van der Waals surface area contributed by atoms with Crippen LogP contribution in [0.15, 0.2) is 29.2 Å². The van der Waals surface area contributed by atoms with Gasteiger partial charge in [0, 0.05) is 0 Å². The molecule has 1 aromatic carbocycles. The van der Waals surface area contributed by atoms with Gasteiger partial charge in [0.25, 0.3) is 0 Å². The van der Waals surface area contributed by atoms with Gasteiger partial charge >= 0.3 is 35.7 Å². The standard InChI is InChI=1S/C7H5F3O2S.Na.H/c8-7(9,10)5-2-1-3-6(4-5)13(11)12;;/h1-4H,(H,11,12);;. The molecule has 0 spiro atoms. The van der Waals surface area contributed by atoms with Crippen molar-refractivity contribution in [1.29, 1.82) is 0 Å². The fourth-order valence-corrected chi connectivity index (χ4v) is 1.20. The van der Waals surface area contributed by atoms with Crippen molar-refractivity contribution in [3.63, 3.8) is 0 Å². The van der Waals surface area contributed by atoms with Crippen LogP contribution in [0.4, 0.5) is 13.2 Å². The van der Waals surface area contributed by atoms with Crippen molar-refractivity contribution in [2.45, 2.75) is 11.1 Å². The summed E-state index contributed by atoms with van der Waals surface area (Å²) in [5, 5.41) is 0. The minimum absolute atomic E-state index is 0. The molecule has 0 aliphatic carbocycles. The van der Waals surface area contributed by atoms with Crippen LogP contribution in [0.5, 0.6) is 0 Å². The quantitative estimate of drug-likeness (QED) is 0.592. The predicted octanol–water partition coefficient (Wildman–Crippen LogP) is 1.64. The summed E-state index contributed by atoms with van der Waals surface area (Å²) in [6.45, 7) is 0. The maximum atomic E-state index is 12.1. The molecular weight excluding hydrogens is 228 g/mol. The third-order valence-corrected chi connectivity index (χ3v) is 2.02. The Morgan fingerprint density at radius 1 is 1.29 bits per heavy atom. The van der Waals surface area contributed by atoms with Crippen LogP contribution in [0.25, 0.3) is 0 Å². The molecule has 0 radical (unpaired) electrons. The number of hydrogen-bond donors (Lipinski definition) is 1. The normalized spacial score (nSPS) is 13.1. The first-order chi connectivity index (χ1) is 5.91. The average molecular weight is 234 g/mol. The molecule has 0 aromatic heterocycles. The number of benzene rings is 1. The zero-order valence-electron chi connectivity index (χ0n) is 6.21. The van der Waals surface area contributed by atoms with Crippen LogP contribution in [0.1, 0.15) is 5.56 Å². The second-order valence-electron chi connectivity index (χ2n) is 2.27. The van der Waals surface area contributed by atoms with Crippen LogP contribution in [0, 0.1) is 0 Å². The number of rotatable bonds is 1. The fraction of sp³-hybridized carbons (Fsp3) is 0.143. The summed E-state index contributed by atoms with van der Waals surface area (Å²) in [6, 6.07) is 3.74. The molecule has 0 aliphatic rings. The van der Waals surface area contributed by atoms with E-state index < -0.39 is 22.8 Å². The van der Waals surface area contributed by atoms with E-state index in [0.717, 1.165) is 18.2 Å². The van der Waals surface area contributed by atoms with Crippen LogP contribution >= 0.6 is 0 Å². The van der Waals surface area contributed by atoms with Gasteiger partial charge in [-0.05, 0) is 18.2 Å². The van der Waals surface area contributed by atoms with E-state index >= 15 is 0 Å². The summed E-state index contributed by atoms with van der Waals surface area (Å²) in [5.74, 6) is 0. The molecule has 0 heterocycles. The molecule has 1 aromatic rings. The topological polar surface area (TPSA) is 37.3 Å². The zero-order valence-corrected chi connectivity index (χ0v) is 7.02. The van der Waals surface area contributed by atoms with Crippen LogP contribution in [0.3, 0.4) is 0 Å². The molecule has 0 saturated heterocycles. The number of hydrogen-bond acceptors (Lipinski definition) is 1. The first kappa shape index (κ1) is 14.1. The van der Waals surface area contributed by atoms with E-state index in [0.29, 0.717) is 6.07 Å². The second kappa shape index (κ2) is 5.27. The molecule has 2 nitrogen and oxygen atoms in total. The Morgan fingerprint density at radius 3 is 2.29 bits per heavy atom. The number of alkyl halides is 3. The van der Waals surface area contributed by atoms with E-state index in [-0.39, 0.29) is 34.5 Å². The third-order valence-electron chi connectivity index (χ3n) is 1.36. The maximum absolute atomic E-state index is 12.1. The number of halogens is 3. The first-order valence-corrected chi connectivity index (χ1v) is 4.30. The van der Waals surface area contributed by atoms with Gasteiger partial charge in [0.1, 0.15) is 0 Å². The first-order valence-electron chi connectivity index (χ1n) is 3.19. The Kier molecular flexibility index (Phi) is 5.32. The Morgan fingerprint density at radius 2 is 1.86 bits per heavy atom. The molecule has 74 valence electrons. The Labute approximate surface area is 103 Å². The van der Waals surface area contributed by atoms with Crippen LogP contribution < -0.4 is 0 Å². The predicted molar refractivity (Wildman–Crippen MR) is 47.6 cm³/mol. The fourth-order valence-electron chi connectivity index (χ4n) is 0.781. The van der Waals surface area contributed by atoms with E-state index in [1.54, 1.807) is 0 Å². The molecule has 7 heteroatoms. The van der Waals surface area contributed by atoms with E-state index in [2.05, 4.69) is 0 Å². The van der Waals surface area contributed by atoms with Gasteiger partial charge in [-0.3, -0.25) is 0 Å². The van der Waals surface area contributed by atoms with Crippen LogP contribution in [-0.2, 0) is 17.3 Å². The van der Waals surface area contributed by atoms with E-state index in [4.69, 9.17) is 4.55 Å². The molecular formula is C7H6F3NaO2S. The Hall–Kier alpha value is 0.120. The van der Waals surface area contributed by atoms with Crippen molar-refractivity contribution >= 4 is 40.6 Å². The summed E-state index contributed by atoms with van der Waals surface area (Å²) in [4.78, 5) is -0.255. The van der Waals surface area contributed by atoms with Gasteiger partial charge in [-0.25, -0.2) is 4.21 Å². The van der Waals surface area contributed by atoms with E-state index in [9.17, 15) is 17.4 Å². The third kappa shape index (κ3) is 3.70. The minimum atomic E-state index is -4.48. The molecule has 1 N–H and O–H groups in total. The van der Waals surface area contributed by atoms with Crippen molar-refractivity contribution < 1.29 is 21.9 Å². The SMILES string of the molecule is O=S(O)c1cccc(C(F)(F)F)c1.[NaH]. The van der Waals surface area contributed by atoms with Gasteiger partial charge in [0.15, 0.2) is 11.1 Å². The van der Waals surface area contributed by atoms with Crippen molar-refractivity contribution in [3.05, 3.63) is 29.8 Å². The van der Waals surface area contributed by atoms with Crippen LogP contribution in [-0.4, -0.2) is 38.3 Å². The molecule has 0 aliphatic heterocycles. The van der Waals surface area contributed by atoms with Crippen molar-refractivity contribution in [2.24, 2.45) is 0 Å². The molecule has 1 rings (SSSR count). The second-order valence-corrected chi connectivity index (χ2v) is 3.24. The molecule has 1 atom stereocenters. The molecule has 0 fully saturated rings. The van der Waals surface area contributed by atoms with Crippen molar-refractivity contribution in [1.82, 2.24) is 0 Å². The molecule has 14 heavy (non-hydrogen) atoms. The zero-order chi connectivity index (χ0) is 10.1. The molecule has 0 saturated carbocycles. The summed E-state index contributed by atoms with van der Waals surface area (Å²) in [6.07, 6.45) is -4.48. The molecule has 0 amide bonds. The van der Waals surface area contributed by atoms with Gasteiger partial charge in [-0.15, -0.1) is 0 Å².